The smallest absolute Gasteiger partial charge is 0.335 e. The van der Waals surface area contributed by atoms with Gasteiger partial charge in [0.15, 0.2) is 0 Å². The molecule has 102 valence electrons. The summed E-state index contributed by atoms with van der Waals surface area (Å²) >= 11 is 3.31. The van der Waals surface area contributed by atoms with Gasteiger partial charge in [-0.05, 0) is 42.5 Å². The molecule has 0 aromatic heterocycles. The van der Waals surface area contributed by atoms with Crippen LogP contribution in [0.3, 0.4) is 0 Å². The fourth-order valence-electron chi connectivity index (χ4n) is 1.49. The maximum absolute atomic E-state index is 10.7. The molecule has 0 bridgehead atoms. The van der Waals surface area contributed by atoms with E-state index in [0.29, 0.717) is 11.3 Å². The molecule has 0 atom stereocenters. The van der Waals surface area contributed by atoms with Crippen LogP contribution in [-0.2, 0) is 0 Å². The fourth-order valence-corrected chi connectivity index (χ4v) is 1.87. The summed E-state index contributed by atoms with van der Waals surface area (Å²) in [5.41, 5.74) is 4.19. The van der Waals surface area contributed by atoms with Crippen molar-refractivity contribution in [2.75, 3.05) is 5.43 Å². The Balaban J connectivity index is 2.06. The minimum absolute atomic E-state index is 0.125. The molecule has 0 unspecified atom stereocenters. The minimum atomic E-state index is -0.973. The number of phenolic OH excluding ortho intramolecular Hbond substituents is 1. The lowest BCUT2D eigenvalue weighted by Gasteiger charge is -2.02. The molecule has 0 aliphatic carbocycles. The number of phenols is 1. The zero-order valence-electron chi connectivity index (χ0n) is 10.2. The van der Waals surface area contributed by atoms with Crippen LogP contribution in [0.5, 0.6) is 5.75 Å². The second-order valence-corrected chi connectivity index (χ2v) is 4.87. The van der Waals surface area contributed by atoms with Crippen LogP contribution in [0.1, 0.15) is 15.9 Å². The molecule has 0 aliphatic heterocycles. The molecule has 3 N–H and O–H groups in total. The van der Waals surface area contributed by atoms with Crippen LogP contribution in [0.15, 0.2) is 52.0 Å². The molecule has 2 rings (SSSR count). The quantitative estimate of drug-likeness (QED) is 0.591. The maximum atomic E-state index is 10.7. The predicted octanol–water partition coefficient (Wildman–Crippen LogP) is 3.30. The molecule has 0 saturated heterocycles. The number of carboxylic acid groups (broad SMARTS) is 1. The SMILES string of the molecule is O=C(O)c1ccc(NN=Cc2cc(Br)ccc2O)cc1. The first kappa shape index (κ1) is 14.1. The Kier molecular flexibility index (Phi) is 4.37. The Hall–Kier alpha value is -2.34. The van der Waals surface area contributed by atoms with Crippen molar-refractivity contribution in [3.63, 3.8) is 0 Å². The predicted molar refractivity (Wildman–Crippen MR) is 80.4 cm³/mol. The van der Waals surface area contributed by atoms with Crippen LogP contribution in [0.2, 0.25) is 0 Å². The monoisotopic (exact) mass is 334 g/mol. The Bertz CT molecular complexity index is 654. The van der Waals surface area contributed by atoms with Crippen LogP contribution >= 0.6 is 15.9 Å². The summed E-state index contributed by atoms with van der Waals surface area (Å²) in [6.07, 6.45) is 1.48. The van der Waals surface area contributed by atoms with Crippen LogP contribution in [0.25, 0.3) is 0 Å². The number of hydrogen-bond acceptors (Lipinski definition) is 4. The van der Waals surface area contributed by atoms with Crippen molar-refractivity contribution >= 4 is 33.8 Å². The normalized spacial score (nSPS) is 10.7. The van der Waals surface area contributed by atoms with Gasteiger partial charge in [-0.25, -0.2) is 4.79 Å². The van der Waals surface area contributed by atoms with Crippen LogP contribution in [0, 0.1) is 0 Å². The number of rotatable bonds is 4. The van der Waals surface area contributed by atoms with Crippen molar-refractivity contribution in [1.82, 2.24) is 0 Å². The molecule has 0 fully saturated rings. The first-order valence-corrected chi connectivity index (χ1v) is 6.46. The van der Waals surface area contributed by atoms with E-state index in [2.05, 4.69) is 26.5 Å². The van der Waals surface area contributed by atoms with Gasteiger partial charge in [-0.2, -0.15) is 5.10 Å². The Morgan fingerprint density at radius 1 is 1.20 bits per heavy atom. The third-order valence-corrected chi connectivity index (χ3v) is 3.01. The second kappa shape index (κ2) is 6.21. The van der Waals surface area contributed by atoms with Gasteiger partial charge in [0.2, 0.25) is 0 Å². The molecular weight excluding hydrogens is 324 g/mol. The molecule has 0 radical (unpaired) electrons. The number of hydrogen-bond donors (Lipinski definition) is 3. The van der Waals surface area contributed by atoms with Crippen molar-refractivity contribution in [2.24, 2.45) is 5.10 Å². The van der Waals surface area contributed by atoms with Crippen molar-refractivity contribution in [3.05, 3.63) is 58.1 Å². The summed E-state index contributed by atoms with van der Waals surface area (Å²) < 4.78 is 0.836. The summed E-state index contributed by atoms with van der Waals surface area (Å²) in [6, 6.07) is 11.2. The first-order chi connectivity index (χ1) is 9.56. The van der Waals surface area contributed by atoms with Crippen LogP contribution < -0.4 is 5.43 Å². The minimum Gasteiger partial charge on any atom is -0.507 e. The number of benzene rings is 2. The van der Waals surface area contributed by atoms with Crippen LogP contribution in [0.4, 0.5) is 5.69 Å². The van der Waals surface area contributed by atoms with E-state index in [1.54, 1.807) is 30.3 Å². The molecule has 6 heteroatoms. The second-order valence-electron chi connectivity index (χ2n) is 3.96. The summed E-state index contributed by atoms with van der Waals surface area (Å²) in [7, 11) is 0. The van der Waals surface area contributed by atoms with E-state index >= 15 is 0 Å². The highest BCUT2D eigenvalue weighted by atomic mass is 79.9. The first-order valence-electron chi connectivity index (χ1n) is 5.67. The maximum Gasteiger partial charge on any atom is 0.335 e. The van der Waals surface area contributed by atoms with E-state index in [0.717, 1.165) is 4.47 Å². The van der Waals surface area contributed by atoms with E-state index in [1.807, 2.05) is 0 Å². The van der Waals surface area contributed by atoms with Gasteiger partial charge in [0, 0.05) is 10.0 Å². The molecule has 0 aliphatic rings. The number of halogens is 1. The molecule has 0 saturated carbocycles. The lowest BCUT2D eigenvalue weighted by molar-refractivity contribution is 0.0697. The molecular formula is C14H11BrN2O3. The van der Waals surface area contributed by atoms with Gasteiger partial charge in [-0.1, -0.05) is 15.9 Å². The standard InChI is InChI=1S/C14H11BrN2O3/c15-11-3-6-13(18)10(7-11)8-16-17-12-4-1-9(2-5-12)14(19)20/h1-8,17-18H,(H,19,20). The Labute approximate surface area is 123 Å². The van der Waals surface area contributed by atoms with Gasteiger partial charge in [-0.3, -0.25) is 5.43 Å². The number of nitrogens with one attached hydrogen (secondary N) is 1. The van der Waals surface area contributed by atoms with Gasteiger partial charge in [0.05, 0.1) is 17.5 Å². The van der Waals surface area contributed by atoms with Crippen LogP contribution in [-0.4, -0.2) is 22.4 Å². The summed E-state index contributed by atoms with van der Waals surface area (Å²) in [6.45, 7) is 0. The average Bonchev–Trinajstić information content (AvgIpc) is 2.43. The largest absolute Gasteiger partial charge is 0.507 e. The van der Waals surface area contributed by atoms with Gasteiger partial charge in [-0.15, -0.1) is 0 Å². The highest BCUT2D eigenvalue weighted by molar-refractivity contribution is 9.10. The zero-order valence-corrected chi connectivity index (χ0v) is 11.8. The molecule has 0 amide bonds. The highest BCUT2D eigenvalue weighted by Crippen LogP contribution is 2.20. The van der Waals surface area contributed by atoms with E-state index < -0.39 is 5.97 Å². The highest BCUT2D eigenvalue weighted by Gasteiger charge is 2.01. The van der Waals surface area contributed by atoms with Gasteiger partial charge < -0.3 is 10.2 Å². The van der Waals surface area contributed by atoms with Crippen molar-refractivity contribution in [1.29, 1.82) is 0 Å². The Morgan fingerprint density at radius 2 is 1.90 bits per heavy atom. The zero-order chi connectivity index (χ0) is 14.5. The molecule has 2 aromatic rings. The average molecular weight is 335 g/mol. The molecule has 0 heterocycles. The van der Waals surface area contributed by atoms with E-state index in [-0.39, 0.29) is 11.3 Å². The van der Waals surface area contributed by atoms with E-state index in [4.69, 9.17) is 5.11 Å². The summed E-state index contributed by atoms with van der Waals surface area (Å²) in [5, 5.41) is 22.4. The Morgan fingerprint density at radius 3 is 2.55 bits per heavy atom. The topological polar surface area (TPSA) is 81.9 Å². The van der Waals surface area contributed by atoms with Gasteiger partial charge in [0.1, 0.15) is 5.75 Å². The number of carbonyl (C=O) groups is 1. The molecule has 2 aromatic carbocycles. The third kappa shape index (κ3) is 3.58. The third-order valence-electron chi connectivity index (χ3n) is 2.52. The fraction of sp³-hybridized carbons (Fsp3) is 0. The van der Waals surface area contributed by atoms with Gasteiger partial charge in [0.25, 0.3) is 0 Å². The summed E-state index contributed by atoms with van der Waals surface area (Å²) in [4.78, 5) is 10.7. The number of carboxylic acids is 1. The van der Waals surface area contributed by atoms with Crippen molar-refractivity contribution in [2.45, 2.75) is 0 Å². The van der Waals surface area contributed by atoms with E-state index in [1.165, 1.54) is 18.3 Å². The molecule has 0 spiro atoms. The number of aromatic hydroxyl groups is 1. The lowest BCUT2D eigenvalue weighted by Crippen LogP contribution is -1.96. The number of aromatic carboxylic acids is 1. The number of hydrazone groups is 1. The molecule has 20 heavy (non-hydrogen) atoms. The van der Waals surface area contributed by atoms with Gasteiger partial charge >= 0.3 is 5.97 Å². The summed E-state index contributed by atoms with van der Waals surface area (Å²) in [5.74, 6) is -0.848. The van der Waals surface area contributed by atoms with E-state index in [9.17, 15) is 9.90 Å². The lowest BCUT2D eigenvalue weighted by atomic mass is 10.2. The number of nitrogens with zero attached hydrogens (tertiary/aromatic N) is 1. The van der Waals surface area contributed by atoms with Crippen molar-refractivity contribution < 1.29 is 15.0 Å². The van der Waals surface area contributed by atoms with Crippen molar-refractivity contribution in [3.8, 4) is 5.75 Å². The number of anilines is 1. The molecule has 5 nitrogen and oxygen atoms in total.